The van der Waals surface area contributed by atoms with Crippen LogP contribution in [0.1, 0.15) is 33.1 Å². The lowest BCUT2D eigenvalue weighted by Gasteiger charge is -2.31. The zero-order chi connectivity index (χ0) is 10.1. The molecule has 0 N–H and O–H groups in total. The quantitative estimate of drug-likeness (QED) is 0.492. The Kier molecular flexibility index (Phi) is 2.69. The minimum atomic E-state index is -0.237. The van der Waals surface area contributed by atoms with Gasteiger partial charge in [-0.1, -0.05) is 19.1 Å². The second-order valence-electron chi connectivity index (χ2n) is 4.13. The fraction of sp³-hybridized carbons (Fsp3) is 0.636. The minimum Gasteiger partial charge on any atom is -0.303 e. The number of ketones is 1. The molecule has 1 fully saturated rings. The van der Waals surface area contributed by atoms with Crippen molar-refractivity contribution in [1.82, 2.24) is 0 Å². The van der Waals surface area contributed by atoms with Gasteiger partial charge in [0, 0.05) is 24.7 Å². The summed E-state index contributed by atoms with van der Waals surface area (Å²) in [6, 6.07) is 0. The molecule has 1 aliphatic rings. The fourth-order valence-corrected chi connectivity index (χ4v) is 2.30. The van der Waals surface area contributed by atoms with Crippen molar-refractivity contribution in [3.8, 4) is 0 Å². The number of allylic oxidation sites excluding steroid dienone is 1. The molecule has 0 heterocycles. The van der Waals surface area contributed by atoms with Crippen molar-refractivity contribution in [3.63, 3.8) is 0 Å². The molecule has 2 unspecified atom stereocenters. The van der Waals surface area contributed by atoms with Crippen LogP contribution in [0.15, 0.2) is 12.2 Å². The van der Waals surface area contributed by atoms with Crippen LogP contribution in [0.2, 0.25) is 0 Å². The number of carbonyl (C=O) groups is 2. The van der Waals surface area contributed by atoms with Gasteiger partial charge in [-0.25, -0.2) is 0 Å². The van der Waals surface area contributed by atoms with Crippen LogP contribution in [-0.4, -0.2) is 12.1 Å². The monoisotopic (exact) mass is 180 g/mol. The zero-order valence-electron chi connectivity index (χ0n) is 8.30. The highest BCUT2D eigenvalue weighted by Gasteiger charge is 2.44. The van der Waals surface area contributed by atoms with E-state index in [0.717, 1.165) is 11.9 Å². The summed E-state index contributed by atoms with van der Waals surface area (Å²) in [5.74, 6) is 0.528. The summed E-state index contributed by atoms with van der Waals surface area (Å²) in [7, 11) is 0. The largest absolute Gasteiger partial charge is 0.303 e. The van der Waals surface area contributed by atoms with E-state index in [0.29, 0.717) is 19.3 Å². The Morgan fingerprint density at radius 2 is 2.38 bits per heavy atom. The van der Waals surface area contributed by atoms with Crippen LogP contribution in [-0.2, 0) is 9.59 Å². The molecule has 0 bridgehead atoms. The Morgan fingerprint density at radius 3 is 2.69 bits per heavy atom. The number of aldehydes is 1. The van der Waals surface area contributed by atoms with Crippen molar-refractivity contribution in [2.45, 2.75) is 33.1 Å². The third-order valence-electron chi connectivity index (χ3n) is 3.29. The molecule has 0 aromatic rings. The second kappa shape index (κ2) is 3.44. The van der Waals surface area contributed by atoms with Gasteiger partial charge in [-0.05, 0) is 12.8 Å². The Morgan fingerprint density at radius 1 is 1.77 bits per heavy atom. The molecule has 0 spiro atoms. The molecule has 2 heteroatoms. The summed E-state index contributed by atoms with van der Waals surface area (Å²) in [6.07, 6.45) is 2.45. The van der Waals surface area contributed by atoms with Crippen molar-refractivity contribution in [2.75, 3.05) is 0 Å². The average Bonchev–Trinajstić information content (AvgIpc) is 2.28. The fourth-order valence-electron chi connectivity index (χ4n) is 2.30. The van der Waals surface area contributed by atoms with Crippen molar-refractivity contribution in [3.05, 3.63) is 12.2 Å². The van der Waals surface area contributed by atoms with Gasteiger partial charge in [0.1, 0.15) is 12.1 Å². The van der Waals surface area contributed by atoms with Crippen LogP contribution < -0.4 is 0 Å². The predicted octanol–water partition coefficient (Wildman–Crippen LogP) is 2.14. The summed E-state index contributed by atoms with van der Waals surface area (Å²) in [4.78, 5) is 21.9. The van der Waals surface area contributed by atoms with Crippen LogP contribution in [0.3, 0.4) is 0 Å². The average molecular weight is 180 g/mol. The van der Waals surface area contributed by atoms with E-state index in [1.807, 2.05) is 13.8 Å². The van der Waals surface area contributed by atoms with Crippen LogP contribution >= 0.6 is 0 Å². The van der Waals surface area contributed by atoms with Crippen molar-refractivity contribution in [1.29, 1.82) is 0 Å². The molecule has 0 radical (unpaired) electrons. The Balaban J connectivity index is 2.96. The van der Waals surface area contributed by atoms with Gasteiger partial charge in [0.2, 0.25) is 0 Å². The SMILES string of the molecule is C=C(C)C1(CC=O)CC(=O)CC1C. The molecule has 1 saturated carbocycles. The lowest BCUT2D eigenvalue weighted by atomic mass is 9.71. The summed E-state index contributed by atoms with van der Waals surface area (Å²) in [6.45, 7) is 7.85. The first-order valence-corrected chi connectivity index (χ1v) is 4.64. The molecule has 1 rings (SSSR count). The molecule has 2 atom stereocenters. The highest BCUT2D eigenvalue weighted by atomic mass is 16.1. The maximum absolute atomic E-state index is 11.3. The molecule has 0 saturated heterocycles. The maximum atomic E-state index is 11.3. The lowest BCUT2D eigenvalue weighted by molar-refractivity contribution is -0.118. The van der Waals surface area contributed by atoms with Crippen molar-refractivity contribution in [2.24, 2.45) is 11.3 Å². The van der Waals surface area contributed by atoms with Crippen LogP contribution in [0.5, 0.6) is 0 Å². The Bertz CT molecular complexity index is 255. The van der Waals surface area contributed by atoms with Crippen LogP contribution in [0.4, 0.5) is 0 Å². The van der Waals surface area contributed by atoms with Gasteiger partial charge in [0.05, 0.1) is 0 Å². The molecular formula is C11H16O2. The first kappa shape index (κ1) is 10.2. The minimum absolute atomic E-state index is 0.237. The normalized spacial score (nSPS) is 33.4. The molecule has 0 amide bonds. The smallest absolute Gasteiger partial charge is 0.134 e. The van der Waals surface area contributed by atoms with E-state index in [2.05, 4.69) is 6.58 Å². The summed E-state index contributed by atoms with van der Waals surface area (Å²) >= 11 is 0. The molecule has 1 aliphatic carbocycles. The third-order valence-corrected chi connectivity index (χ3v) is 3.29. The number of hydrogen-bond acceptors (Lipinski definition) is 2. The van der Waals surface area contributed by atoms with Crippen molar-refractivity contribution < 1.29 is 9.59 Å². The van der Waals surface area contributed by atoms with Gasteiger partial charge >= 0.3 is 0 Å². The molecule has 2 nitrogen and oxygen atoms in total. The standard InChI is InChI=1S/C11H16O2/c1-8(2)11(4-5-12)7-10(13)6-9(11)3/h5,9H,1,4,6-7H2,2-3H3. The van der Waals surface area contributed by atoms with Gasteiger partial charge in [0.15, 0.2) is 0 Å². The zero-order valence-corrected chi connectivity index (χ0v) is 8.30. The first-order valence-electron chi connectivity index (χ1n) is 4.64. The predicted molar refractivity (Wildman–Crippen MR) is 51.3 cm³/mol. The van der Waals surface area contributed by atoms with Gasteiger partial charge in [-0.2, -0.15) is 0 Å². The Hall–Kier alpha value is -0.920. The van der Waals surface area contributed by atoms with E-state index in [1.165, 1.54) is 0 Å². The molecule has 0 aliphatic heterocycles. The number of Topliss-reactive ketones (excluding diaryl/α,β-unsaturated/α-hetero) is 1. The summed E-state index contributed by atoms with van der Waals surface area (Å²) in [5.41, 5.74) is 0.733. The summed E-state index contributed by atoms with van der Waals surface area (Å²) < 4.78 is 0. The van der Waals surface area contributed by atoms with Crippen LogP contribution in [0, 0.1) is 11.3 Å². The molecular weight excluding hydrogens is 164 g/mol. The van der Waals surface area contributed by atoms with E-state index in [9.17, 15) is 9.59 Å². The van der Waals surface area contributed by atoms with E-state index in [1.54, 1.807) is 0 Å². The topological polar surface area (TPSA) is 34.1 Å². The van der Waals surface area contributed by atoms with Gasteiger partial charge in [-0.3, -0.25) is 4.79 Å². The van der Waals surface area contributed by atoms with Crippen molar-refractivity contribution >= 4 is 12.1 Å². The number of carbonyl (C=O) groups excluding carboxylic acids is 2. The number of hydrogen-bond donors (Lipinski definition) is 0. The number of rotatable bonds is 3. The molecule has 13 heavy (non-hydrogen) atoms. The van der Waals surface area contributed by atoms with Gasteiger partial charge in [0.25, 0.3) is 0 Å². The molecule has 0 aromatic carbocycles. The second-order valence-corrected chi connectivity index (χ2v) is 4.13. The highest BCUT2D eigenvalue weighted by molar-refractivity contribution is 5.83. The molecule has 0 aromatic heterocycles. The lowest BCUT2D eigenvalue weighted by Crippen LogP contribution is -2.25. The van der Waals surface area contributed by atoms with Gasteiger partial charge in [-0.15, -0.1) is 0 Å². The third kappa shape index (κ3) is 1.58. The first-order chi connectivity index (χ1) is 6.03. The summed E-state index contributed by atoms with van der Waals surface area (Å²) in [5, 5.41) is 0. The van der Waals surface area contributed by atoms with E-state index in [-0.39, 0.29) is 17.1 Å². The maximum Gasteiger partial charge on any atom is 0.134 e. The van der Waals surface area contributed by atoms with E-state index < -0.39 is 0 Å². The Labute approximate surface area is 79.0 Å². The highest BCUT2D eigenvalue weighted by Crippen LogP contribution is 2.48. The van der Waals surface area contributed by atoms with E-state index in [4.69, 9.17) is 0 Å². The molecule has 72 valence electrons. The van der Waals surface area contributed by atoms with E-state index >= 15 is 0 Å². The van der Waals surface area contributed by atoms with Gasteiger partial charge < -0.3 is 4.79 Å². The van der Waals surface area contributed by atoms with Crippen LogP contribution in [0.25, 0.3) is 0 Å².